The van der Waals surface area contributed by atoms with E-state index in [9.17, 15) is 4.79 Å². The number of ether oxygens (including phenoxy) is 2. The van der Waals surface area contributed by atoms with E-state index in [1.54, 1.807) is 30.5 Å². The van der Waals surface area contributed by atoms with E-state index < -0.39 is 0 Å². The Morgan fingerprint density at radius 3 is 2.39 bits per heavy atom. The van der Waals surface area contributed by atoms with Crippen LogP contribution in [0.25, 0.3) is 0 Å². The minimum Gasteiger partial charge on any atom is -0.492 e. The molecule has 31 heavy (non-hydrogen) atoms. The summed E-state index contributed by atoms with van der Waals surface area (Å²) in [4.78, 5) is 24.8. The third kappa shape index (κ3) is 5.45. The summed E-state index contributed by atoms with van der Waals surface area (Å²) >= 11 is 0. The fourth-order valence-corrected chi connectivity index (χ4v) is 2.82. The highest BCUT2D eigenvalue weighted by Gasteiger charge is 2.09. The number of carbonyl (C=O) groups excluding carboxylic acids is 1. The summed E-state index contributed by atoms with van der Waals surface area (Å²) in [5.41, 5.74) is 0.976. The molecule has 8 heteroatoms. The Bertz CT molecular complexity index is 1130. The van der Waals surface area contributed by atoms with Gasteiger partial charge >= 0.3 is 6.01 Å². The molecule has 2 heterocycles. The average molecular weight is 415 g/mol. The van der Waals surface area contributed by atoms with Crippen LogP contribution in [0.1, 0.15) is 16.2 Å². The topological polar surface area (TPSA) is 91.2 Å². The largest absolute Gasteiger partial charge is 0.492 e. The normalized spacial score (nSPS) is 10.5. The van der Waals surface area contributed by atoms with Gasteiger partial charge in [0.25, 0.3) is 5.91 Å². The minimum absolute atomic E-state index is 0.176. The lowest BCUT2D eigenvalue weighted by molar-refractivity contribution is 0.102. The standard InChI is InChI=1S/C23H21N5O3/c1-17-24-11-12-28(17)13-14-30-20-9-7-19(8-10-20)27-22(29)18-15-25-23(26-16-18)31-21-5-3-2-4-6-21/h2-12,15-16H,13-14H2,1H3,(H,27,29). The van der Waals surface area contributed by atoms with Crippen molar-refractivity contribution in [3.8, 4) is 17.5 Å². The van der Waals surface area contributed by atoms with Crippen molar-refractivity contribution in [1.29, 1.82) is 0 Å². The Labute approximate surface area is 179 Å². The fraction of sp³-hybridized carbons (Fsp3) is 0.130. The Kier molecular flexibility index (Phi) is 6.18. The first-order chi connectivity index (χ1) is 15.2. The van der Waals surface area contributed by atoms with Gasteiger partial charge in [-0.2, -0.15) is 0 Å². The molecule has 0 saturated heterocycles. The van der Waals surface area contributed by atoms with E-state index in [-0.39, 0.29) is 11.9 Å². The van der Waals surface area contributed by atoms with E-state index >= 15 is 0 Å². The number of aryl methyl sites for hydroxylation is 1. The molecule has 2 aromatic carbocycles. The van der Waals surface area contributed by atoms with Gasteiger partial charge in [-0.05, 0) is 43.3 Å². The summed E-state index contributed by atoms with van der Waals surface area (Å²) in [7, 11) is 0. The van der Waals surface area contributed by atoms with Crippen molar-refractivity contribution in [2.75, 3.05) is 11.9 Å². The minimum atomic E-state index is -0.310. The third-order valence-electron chi connectivity index (χ3n) is 4.48. The molecule has 2 aromatic heterocycles. The first-order valence-electron chi connectivity index (χ1n) is 9.74. The molecule has 0 spiro atoms. The zero-order valence-electron chi connectivity index (χ0n) is 16.9. The van der Waals surface area contributed by atoms with Gasteiger partial charge in [-0.1, -0.05) is 18.2 Å². The molecule has 0 atom stereocenters. The van der Waals surface area contributed by atoms with E-state index in [2.05, 4.69) is 20.3 Å². The molecule has 0 aliphatic rings. The highest BCUT2D eigenvalue weighted by Crippen LogP contribution is 2.18. The van der Waals surface area contributed by atoms with Crippen LogP contribution in [0.3, 0.4) is 0 Å². The highest BCUT2D eigenvalue weighted by atomic mass is 16.5. The molecule has 4 rings (SSSR count). The lowest BCUT2D eigenvalue weighted by atomic mass is 10.2. The van der Waals surface area contributed by atoms with Gasteiger partial charge in [0.05, 0.1) is 12.1 Å². The number of para-hydroxylation sites is 1. The molecule has 8 nitrogen and oxygen atoms in total. The fourth-order valence-electron chi connectivity index (χ4n) is 2.82. The maximum Gasteiger partial charge on any atom is 0.321 e. The van der Waals surface area contributed by atoms with Gasteiger partial charge in [0.2, 0.25) is 0 Å². The number of imidazole rings is 1. The zero-order chi connectivity index (χ0) is 21.5. The predicted octanol–water partition coefficient (Wildman–Crippen LogP) is 4.11. The first kappa shape index (κ1) is 20.1. The lowest BCUT2D eigenvalue weighted by Crippen LogP contribution is -2.13. The second-order valence-corrected chi connectivity index (χ2v) is 6.66. The summed E-state index contributed by atoms with van der Waals surface area (Å²) in [6.45, 7) is 3.19. The highest BCUT2D eigenvalue weighted by molar-refractivity contribution is 6.03. The van der Waals surface area contributed by atoms with Crippen molar-refractivity contribution in [2.45, 2.75) is 13.5 Å². The maximum atomic E-state index is 12.4. The van der Waals surface area contributed by atoms with Crippen LogP contribution in [0, 0.1) is 6.92 Å². The molecular formula is C23H21N5O3. The quantitative estimate of drug-likeness (QED) is 0.466. The van der Waals surface area contributed by atoms with Crippen LogP contribution in [0.2, 0.25) is 0 Å². The van der Waals surface area contributed by atoms with E-state index in [0.29, 0.717) is 30.2 Å². The van der Waals surface area contributed by atoms with Crippen molar-refractivity contribution in [3.63, 3.8) is 0 Å². The van der Waals surface area contributed by atoms with Crippen LogP contribution >= 0.6 is 0 Å². The Morgan fingerprint density at radius 1 is 0.968 bits per heavy atom. The molecule has 1 amide bonds. The SMILES string of the molecule is Cc1nccn1CCOc1ccc(NC(=O)c2cnc(Oc3ccccc3)nc2)cc1. The van der Waals surface area contributed by atoms with E-state index in [1.165, 1.54) is 12.4 Å². The number of benzene rings is 2. The van der Waals surface area contributed by atoms with Gasteiger partial charge in [-0.15, -0.1) is 0 Å². The van der Waals surface area contributed by atoms with Crippen LogP contribution in [-0.2, 0) is 6.54 Å². The molecular weight excluding hydrogens is 394 g/mol. The van der Waals surface area contributed by atoms with Crippen molar-refractivity contribution in [3.05, 3.63) is 90.8 Å². The van der Waals surface area contributed by atoms with Gasteiger partial charge in [-0.25, -0.2) is 15.0 Å². The van der Waals surface area contributed by atoms with Crippen molar-refractivity contribution in [1.82, 2.24) is 19.5 Å². The smallest absolute Gasteiger partial charge is 0.321 e. The number of rotatable bonds is 8. The van der Waals surface area contributed by atoms with Crippen molar-refractivity contribution >= 4 is 11.6 Å². The zero-order valence-corrected chi connectivity index (χ0v) is 16.9. The molecule has 1 N–H and O–H groups in total. The molecule has 0 fully saturated rings. The van der Waals surface area contributed by atoms with Gasteiger partial charge in [0.1, 0.15) is 23.9 Å². The number of hydrogen-bond donors (Lipinski definition) is 1. The van der Waals surface area contributed by atoms with Gasteiger partial charge in [0, 0.05) is 30.5 Å². The Hall–Kier alpha value is -4.20. The van der Waals surface area contributed by atoms with E-state index in [1.807, 2.05) is 48.0 Å². The second kappa shape index (κ2) is 9.53. The number of nitrogens with zero attached hydrogens (tertiary/aromatic N) is 4. The van der Waals surface area contributed by atoms with Crippen LogP contribution in [0.15, 0.2) is 79.4 Å². The second-order valence-electron chi connectivity index (χ2n) is 6.66. The molecule has 0 radical (unpaired) electrons. The van der Waals surface area contributed by atoms with Crippen LogP contribution in [0.5, 0.6) is 17.5 Å². The third-order valence-corrected chi connectivity index (χ3v) is 4.48. The summed E-state index contributed by atoms with van der Waals surface area (Å²) in [5.74, 6) is 1.99. The Balaban J connectivity index is 1.28. The van der Waals surface area contributed by atoms with Crippen LogP contribution < -0.4 is 14.8 Å². The molecule has 4 aromatic rings. The lowest BCUT2D eigenvalue weighted by Gasteiger charge is -2.09. The predicted molar refractivity (Wildman–Crippen MR) is 115 cm³/mol. The van der Waals surface area contributed by atoms with Gasteiger partial charge < -0.3 is 19.4 Å². The monoisotopic (exact) mass is 415 g/mol. The van der Waals surface area contributed by atoms with Crippen LogP contribution in [-0.4, -0.2) is 32.0 Å². The first-order valence-corrected chi connectivity index (χ1v) is 9.74. The molecule has 156 valence electrons. The molecule has 0 bridgehead atoms. The van der Waals surface area contributed by atoms with Crippen molar-refractivity contribution in [2.24, 2.45) is 0 Å². The number of amides is 1. The molecule has 0 aliphatic heterocycles. The number of nitrogens with one attached hydrogen (secondary N) is 1. The molecule has 0 saturated carbocycles. The van der Waals surface area contributed by atoms with Gasteiger partial charge in [-0.3, -0.25) is 4.79 Å². The van der Waals surface area contributed by atoms with E-state index in [4.69, 9.17) is 9.47 Å². The average Bonchev–Trinajstić information content (AvgIpc) is 3.21. The number of hydrogen-bond acceptors (Lipinski definition) is 6. The number of anilines is 1. The summed E-state index contributed by atoms with van der Waals surface area (Å²) in [6.07, 6.45) is 6.54. The molecule has 0 aliphatic carbocycles. The summed E-state index contributed by atoms with van der Waals surface area (Å²) < 4.78 is 13.3. The summed E-state index contributed by atoms with van der Waals surface area (Å²) in [5, 5.41) is 2.81. The Morgan fingerprint density at radius 2 is 1.71 bits per heavy atom. The van der Waals surface area contributed by atoms with Crippen LogP contribution in [0.4, 0.5) is 5.69 Å². The van der Waals surface area contributed by atoms with E-state index in [0.717, 1.165) is 11.6 Å². The number of carbonyl (C=O) groups is 1. The number of aromatic nitrogens is 4. The molecule has 0 unspecified atom stereocenters. The maximum absolute atomic E-state index is 12.4. The van der Waals surface area contributed by atoms with Crippen molar-refractivity contribution < 1.29 is 14.3 Å². The van der Waals surface area contributed by atoms with Gasteiger partial charge in [0.15, 0.2) is 0 Å². The summed E-state index contributed by atoms with van der Waals surface area (Å²) in [6, 6.07) is 16.6.